The van der Waals surface area contributed by atoms with Gasteiger partial charge in [0.15, 0.2) is 0 Å². The number of amides is 1. The highest BCUT2D eigenvalue weighted by molar-refractivity contribution is 5.91. The van der Waals surface area contributed by atoms with Crippen molar-refractivity contribution in [3.05, 3.63) is 64.2 Å². The molecule has 5 nitrogen and oxygen atoms in total. The van der Waals surface area contributed by atoms with Gasteiger partial charge in [-0.1, -0.05) is 24.3 Å². The predicted molar refractivity (Wildman–Crippen MR) is 94.0 cm³/mol. The topological polar surface area (TPSA) is 75.6 Å². The third-order valence-corrected chi connectivity index (χ3v) is 4.51. The minimum Gasteiger partial charge on any atom is -0.496 e. The number of hydrogen-bond acceptors (Lipinski definition) is 3. The highest BCUT2D eigenvalue weighted by atomic mass is 16.5. The third-order valence-electron chi connectivity index (χ3n) is 4.51. The Morgan fingerprint density at radius 3 is 2.60 bits per heavy atom. The van der Waals surface area contributed by atoms with Gasteiger partial charge in [0.2, 0.25) is 5.91 Å². The van der Waals surface area contributed by atoms with Gasteiger partial charge in [-0.3, -0.25) is 4.79 Å². The number of nitrogens with one attached hydrogen (secondary N) is 1. The van der Waals surface area contributed by atoms with Gasteiger partial charge < -0.3 is 15.2 Å². The van der Waals surface area contributed by atoms with E-state index in [0.29, 0.717) is 12.2 Å². The summed E-state index contributed by atoms with van der Waals surface area (Å²) in [7, 11) is 1.43. The van der Waals surface area contributed by atoms with Gasteiger partial charge in [-0.15, -0.1) is 0 Å². The molecule has 0 aliphatic heterocycles. The summed E-state index contributed by atoms with van der Waals surface area (Å²) in [6.07, 6.45) is 3.74. The van der Waals surface area contributed by atoms with Crippen molar-refractivity contribution in [1.82, 2.24) is 5.32 Å². The Bertz CT molecular complexity index is 813. The zero-order chi connectivity index (χ0) is 17.8. The molecule has 0 unspecified atom stereocenters. The second-order valence-corrected chi connectivity index (χ2v) is 6.25. The number of rotatable bonds is 6. The Hall–Kier alpha value is -2.82. The van der Waals surface area contributed by atoms with E-state index < -0.39 is 5.97 Å². The first-order valence-corrected chi connectivity index (χ1v) is 8.34. The number of aryl methyl sites for hydroxylation is 2. The van der Waals surface area contributed by atoms with E-state index >= 15 is 0 Å². The Balaban J connectivity index is 1.60. The number of ether oxygens (including phenoxy) is 1. The van der Waals surface area contributed by atoms with E-state index in [9.17, 15) is 14.7 Å². The summed E-state index contributed by atoms with van der Waals surface area (Å²) < 4.78 is 5.03. The number of fused-ring (bicyclic) bond motifs is 1. The summed E-state index contributed by atoms with van der Waals surface area (Å²) in [5, 5.41) is 12.0. The normalized spacial score (nSPS) is 12.5. The molecule has 25 heavy (non-hydrogen) atoms. The standard InChI is InChI=1S/C20H21NO4/c1-25-18-8-6-14(10-17(18)20(23)24)12-21-19(22)11-13-5-7-15-3-2-4-16(15)9-13/h5-10H,2-4,11-12H2,1H3,(H,21,22)(H,23,24). The highest BCUT2D eigenvalue weighted by Crippen LogP contribution is 2.23. The molecule has 0 atom stereocenters. The van der Waals surface area contributed by atoms with Gasteiger partial charge in [0.05, 0.1) is 13.5 Å². The van der Waals surface area contributed by atoms with Crippen molar-refractivity contribution in [3.8, 4) is 5.75 Å². The summed E-state index contributed by atoms with van der Waals surface area (Å²) in [5.41, 5.74) is 4.57. The molecule has 0 bridgehead atoms. The fourth-order valence-electron chi connectivity index (χ4n) is 3.22. The van der Waals surface area contributed by atoms with Crippen molar-refractivity contribution in [2.24, 2.45) is 0 Å². The summed E-state index contributed by atoms with van der Waals surface area (Å²) in [5.74, 6) is -0.825. The van der Waals surface area contributed by atoms with Crippen LogP contribution in [0.5, 0.6) is 5.75 Å². The third kappa shape index (κ3) is 3.99. The molecule has 2 aromatic carbocycles. The zero-order valence-corrected chi connectivity index (χ0v) is 14.2. The van der Waals surface area contributed by atoms with Gasteiger partial charge in [-0.2, -0.15) is 0 Å². The number of carbonyl (C=O) groups excluding carboxylic acids is 1. The molecule has 0 saturated carbocycles. The SMILES string of the molecule is COc1ccc(CNC(=O)Cc2ccc3c(c2)CCC3)cc1C(=O)O. The average Bonchev–Trinajstić information content (AvgIpc) is 3.07. The molecule has 0 heterocycles. The van der Waals surface area contributed by atoms with Crippen LogP contribution in [0, 0.1) is 0 Å². The summed E-state index contributed by atoms with van der Waals surface area (Å²) in [4.78, 5) is 23.4. The summed E-state index contributed by atoms with van der Waals surface area (Å²) in [6.45, 7) is 0.286. The number of carbonyl (C=O) groups is 2. The highest BCUT2D eigenvalue weighted by Gasteiger charge is 2.14. The lowest BCUT2D eigenvalue weighted by Gasteiger charge is -2.10. The molecule has 1 aliphatic carbocycles. The number of carboxylic acids is 1. The Labute approximate surface area is 146 Å². The number of benzene rings is 2. The first kappa shape index (κ1) is 17.0. The molecular weight excluding hydrogens is 318 g/mol. The van der Waals surface area contributed by atoms with Crippen LogP contribution in [0.1, 0.15) is 39.0 Å². The lowest BCUT2D eigenvalue weighted by molar-refractivity contribution is -0.120. The maximum Gasteiger partial charge on any atom is 0.339 e. The molecule has 2 aromatic rings. The lowest BCUT2D eigenvalue weighted by Crippen LogP contribution is -2.24. The van der Waals surface area contributed by atoms with Gasteiger partial charge in [0, 0.05) is 6.54 Å². The number of aromatic carboxylic acids is 1. The van der Waals surface area contributed by atoms with Crippen LogP contribution in [0.4, 0.5) is 0 Å². The van der Waals surface area contributed by atoms with Crippen LogP contribution in [-0.4, -0.2) is 24.1 Å². The van der Waals surface area contributed by atoms with Crippen molar-refractivity contribution in [2.45, 2.75) is 32.2 Å². The largest absolute Gasteiger partial charge is 0.496 e. The van der Waals surface area contributed by atoms with E-state index in [4.69, 9.17) is 4.74 Å². The van der Waals surface area contributed by atoms with Gasteiger partial charge in [-0.25, -0.2) is 4.79 Å². The Morgan fingerprint density at radius 2 is 1.84 bits per heavy atom. The van der Waals surface area contributed by atoms with Crippen molar-refractivity contribution in [1.29, 1.82) is 0 Å². The molecule has 0 spiro atoms. The van der Waals surface area contributed by atoms with E-state index in [0.717, 1.165) is 24.0 Å². The van der Waals surface area contributed by atoms with Gasteiger partial charge >= 0.3 is 5.97 Å². The van der Waals surface area contributed by atoms with Gasteiger partial charge in [0.25, 0.3) is 0 Å². The van der Waals surface area contributed by atoms with Crippen LogP contribution < -0.4 is 10.1 Å². The minimum absolute atomic E-state index is 0.0781. The second-order valence-electron chi connectivity index (χ2n) is 6.25. The van der Waals surface area contributed by atoms with Crippen LogP contribution in [0.2, 0.25) is 0 Å². The maximum absolute atomic E-state index is 12.2. The average molecular weight is 339 g/mol. The molecule has 0 radical (unpaired) electrons. The van der Waals surface area contributed by atoms with E-state index in [1.165, 1.54) is 30.7 Å². The Morgan fingerprint density at radius 1 is 1.08 bits per heavy atom. The number of carboxylic acid groups (broad SMARTS) is 1. The molecule has 5 heteroatoms. The van der Waals surface area contributed by atoms with E-state index in [1.807, 2.05) is 6.07 Å². The van der Waals surface area contributed by atoms with E-state index in [2.05, 4.69) is 17.4 Å². The van der Waals surface area contributed by atoms with Crippen molar-refractivity contribution in [2.75, 3.05) is 7.11 Å². The molecular formula is C20H21NO4. The quantitative estimate of drug-likeness (QED) is 0.848. The molecule has 0 saturated heterocycles. The van der Waals surface area contributed by atoms with Crippen molar-refractivity contribution < 1.29 is 19.4 Å². The smallest absolute Gasteiger partial charge is 0.339 e. The summed E-state index contributed by atoms with van der Waals surface area (Å²) in [6, 6.07) is 11.1. The van der Waals surface area contributed by atoms with Crippen molar-refractivity contribution in [3.63, 3.8) is 0 Å². The molecule has 0 aromatic heterocycles. The fraction of sp³-hybridized carbons (Fsp3) is 0.300. The number of methoxy groups -OCH3 is 1. The van der Waals surface area contributed by atoms with Crippen LogP contribution in [0.15, 0.2) is 36.4 Å². The molecule has 0 fully saturated rings. The van der Waals surface area contributed by atoms with E-state index in [-0.39, 0.29) is 18.0 Å². The number of hydrogen-bond donors (Lipinski definition) is 2. The summed E-state index contributed by atoms with van der Waals surface area (Å²) >= 11 is 0. The molecule has 3 rings (SSSR count). The first-order chi connectivity index (χ1) is 12.1. The van der Waals surface area contributed by atoms with Gasteiger partial charge in [0.1, 0.15) is 11.3 Å². The Kier molecular flexibility index (Phi) is 5.03. The molecule has 130 valence electrons. The molecule has 2 N–H and O–H groups in total. The van der Waals surface area contributed by atoms with E-state index in [1.54, 1.807) is 12.1 Å². The molecule has 1 amide bonds. The fourth-order valence-corrected chi connectivity index (χ4v) is 3.22. The van der Waals surface area contributed by atoms with Gasteiger partial charge in [-0.05, 0) is 53.6 Å². The second kappa shape index (κ2) is 7.38. The van der Waals surface area contributed by atoms with Crippen LogP contribution in [-0.2, 0) is 30.6 Å². The maximum atomic E-state index is 12.2. The molecule has 1 aliphatic rings. The lowest BCUT2D eigenvalue weighted by atomic mass is 10.0. The monoisotopic (exact) mass is 339 g/mol. The zero-order valence-electron chi connectivity index (χ0n) is 14.2. The van der Waals surface area contributed by atoms with Crippen molar-refractivity contribution >= 4 is 11.9 Å². The minimum atomic E-state index is -1.05. The predicted octanol–water partition coefficient (Wildman–Crippen LogP) is 2.74. The van der Waals surface area contributed by atoms with Crippen LogP contribution in [0.25, 0.3) is 0 Å². The van der Waals surface area contributed by atoms with Crippen LogP contribution in [0.3, 0.4) is 0 Å². The first-order valence-electron chi connectivity index (χ1n) is 8.34. The van der Waals surface area contributed by atoms with Crippen LogP contribution >= 0.6 is 0 Å².